The normalized spacial score (nSPS) is 12.3. The maximum atomic E-state index is 12.2. The van der Waals surface area contributed by atoms with E-state index < -0.39 is 6.09 Å². The van der Waals surface area contributed by atoms with Crippen molar-refractivity contribution in [1.29, 1.82) is 0 Å². The summed E-state index contributed by atoms with van der Waals surface area (Å²) in [6, 6.07) is 16.5. The molecule has 0 saturated heterocycles. The SMILES string of the molecule is O=C(NCCOCCOCCOCCOCCOCCOCCOCCOCCCCCCI)OCC1c2ccccc2-c2ccccc21. The monoisotopic (exact) mass is 801 g/mol. The largest absolute Gasteiger partial charge is 0.449 e. The van der Waals surface area contributed by atoms with Crippen molar-refractivity contribution in [3.8, 4) is 11.1 Å². The summed E-state index contributed by atoms with van der Waals surface area (Å²) in [5.74, 6) is 0.0427. The van der Waals surface area contributed by atoms with Gasteiger partial charge in [-0.1, -0.05) is 84.0 Å². The van der Waals surface area contributed by atoms with E-state index in [1.165, 1.54) is 45.9 Å². The topological polar surface area (TPSA) is 112 Å². The summed E-state index contributed by atoms with van der Waals surface area (Å²) in [6.07, 6.45) is 4.52. The van der Waals surface area contributed by atoms with Crippen LogP contribution < -0.4 is 5.32 Å². The van der Waals surface area contributed by atoms with Crippen LogP contribution >= 0.6 is 22.6 Å². The lowest BCUT2D eigenvalue weighted by atomic mass is 9.98. The predicted molar refractivity (Wildman–Crippen MR) is 197 cm³/mol. The first-order valence-electron chi connectivity index (χ1n) is 17.6. The molecule has 276 valence electrons. The first-order chi connectivity index (χ1) is 24.3. The number of alkyl carbamates (subject to hydrolysis) is 1. The Labute approximate surface area is 306 Å². The lowest BCUT2D eigenvalue weighted by Gasteiger charge is -2.14. The van der Waals surface area contributed by atoms with E-state index in [0.29, 0.717) is 112 Å². The molecule has 49 heavy (non-hydrogen) atoms. The molecule has 0 aliphatic heterocycles. The van der Waals surface area contributed by atoms with Gasteiger partial charge in [-0.05, 0) is 39.5 Å². The number of amides is 1. The minimum Gasteiger partial charge on any atom is -0.449 e. The van der Waals surface area contributed by atoms with Crippen molar-refractivity contribution in [2.24, 2.45) is 0 Å². The molecular formula is C37H56INO10. The third-order valence-electron chi connectivity index (χ3n) is 7.64. The zero-order valence-electron chi connectivity index (χ0n) is 28.9. The molecule has 0 fully saturated rings. The van der Waals surface area contributed by atoms with Crippen LogP contribution in [0, 0.1) is 0 Å². The number of carbonyl (C=O) groups excluding carboxylic acids is 1. The molecule has 1 aliphatic rings. The summed E-state index contributed by atoms with van der Waals surface area (Å²) in [5, 5.41) is 2.75. The van der Waals surface area contributed by atoms with E-state index in [-0.39, 0.29) is 5.92 Å². The number of alkyl halides is 1. The van der Waals surface area contributed by atoms with Gasteiger partial charge in [-0.15, -0.1) is 0 Å². The van der Waals surface area contributed by atoms with E-state index in [2.05, 4.69) is 52.2 Å². The summed E-state index contributed by atoms with van der Waals surface area (Å²) in [4.78, 5) is 12.2. The standard InChI is InChI=1S/C37H56INO10/c38-13-7-1-2-8-15-41-17-19-43-21-23-45-25-27-47-29-30-48-28-26-46-24-22-44-20-18-42-16-14-39-37(40)49-31-36-34-11-5-3-9-32(34)33-10-4-6-12-35(33)36/h3-6,9-12,36H,1-2,7-8,13-31H2,(H,39,40). The molecule has 0 aromatic heterocycles. The molecule has 0 heterocycles. The molecule has 1 aliphatic carbocycles. The number of carbonyl (C=O) groups is 1. The molecule has 0 unspecified atom stereocenters. The van der Waals surface area contributed by atoms with Gasteiger partial charge in [0, 0.05) is 19.1 Å². The molecule has 0 bridgehead atoms. The number of halogens is 1. The van der Waals surface area contributed by atoms with Crippen molar-refractivity contribution in [2.75, 3.05) is 123 Å². The molecule has 12 heteroatoms. The van der Waals surface area contributed by atoms with E-state index >= 15 is 0 Å². The molecule has 3 rings (SSSR count). The van der Waals surface area contributed by atoms with Gasteiger partial charge in [0.15, 0.2) is 0 Å². The molecule has 1 amide bonds. The van der Waals surface area contributed by atoms with E-state index in [1.807, 2.05) is 24.3 Å². The average Bonchev–Trinajstić information content (AvgIpc) is 3.45. The number of fused-ring (bicyclic) bond motifs is 3. The van der Waals surface area contributed by atoms with Crippen LogP contribution in [0.4, 0.5) is 4.79 Å². The lowest BCUT2D eigenvalue weighted by molar-refractivity contribution is -0.0230. The fourth-order valence-electron chi connectivity index (χ4n) is 5.17. The number of hydrogen-bond donors (Lipinski definition) is 1. The van der Waals surface area contributed by atoms with Crippen molar-refractivity contribution in [1.82, 2.24) is 5.32 Å². The molecule has 2 aromatic rings. The number of ether oxygens (including phenoxy) is 9. The van der Waals surface area contributed by atoms with Gasteiger partial charge in [0.25, 0.3) is 0 Å². The quantitative estimate of drug-likeness (QED) is 0.0566. The Morgan fingerprint density at radius 2 is 0.898 bits per heavy atom. The molecular weight excluding hydrogens is 745 g/mol. The minimum atomic E-state index is -0.446. The lowest BCUT2D eigenvalue weighted by Crippen LogP contribution is -2.29. The fourth-order valence-corrected chi connectivity index (χ4v) is 5.71. The van der Waals surface area contributed by atoms with Gasteiger partial charge < -0.3 is 47.9 Å². The van der Waals surface area contributed by atoms with Crippen LogP contribution in [0.1, 0.15) is 42.7 Å². The van der Waals surface area contributed by atoms with Crippen LogP contribution in [-0.4, -0.2) is 129 Å². The molecule has 2 aromatic carbocycles. The Morgan fingerprint density at radius 1 is 0.510 bits per heavy atom. The zero-order valence-corrected chi connectivity index (χ0v) is 31.1. The number of unbranched alkanes of at least 4 members (excludes halogenated alkanes) is 3. The number of hydrogen-bond acceptors (Lipinski definition) is 10. The maximum Gasteiger partial charge on any atom is 0.407 e. The van der Waals surface area contributed by atoms with Crippen molar-refractivity contribution in [3.05, 3.63) is 59.7 Å². The summed E-state index contributed by atoms with van der Waals surface area (Å²) in [6.45, 7) is 9.12. The first-order valence-corrected chi connectivity index (χ1v) is 19.1. The summed E-state index contributed by atoms with van der Waals surface area (Å²) < 4.78 is 50.9. The average molecular weight is 802 g/mol. The zero-order chi connectivity index (χ0) is 34.5. The third-order valence-corrected chi connectivity index (χ3v) is 8.40. The number of nitrogens with one attached hydrogen (secondary N) is 1. The minimum absolute atomic E-state index is 0.0427. The van der Waals surface area contributed by atoms with E-state index in [0.717, 1.165) is 13.0 Å². The second-order valence-electron chi connectivity index (χ2n) is 11.3. The molecule has 0 atom stereocenters. The van der Waals surface area contributed by atoms with Crippen molar-refractivity contribution < 1.29 is 47.4 Å². The van der Waals surface area contributed by atoms with E-state index in [9.17, 15) is 4.79 Å². The van der Waals surface area contributed by atoms with Gasteiger partial charge in [-0.2, -0.15) is 0 Å². The number of benzene rings is 2. The smallest absolute Gasteiger partial charge is 0.407 e. The Hall–Kier alpha value is -1.88. The van der Waals surface area contributed by atoms with Crippen LogP contribution in [0.3, 0.4) is 0 Å². The van der Waals surface area contributed by atoms with Gasteiger partial charge in [-0.25, -0.2) is 4.79 Å². The van der Waals surface area contributed by atoms with Gasteiger partial charge in [0.2, 0.25) is 0 Å². The predicted octanol–water partition coefficient (Wildman–Crippen LogP) is 5.65. The second-order valence-corrected chi connectivity index (χ2v) is 12.3. The van der Waals surface area contributed by atoms with E-state index in [1.54, 1.807) is 0 Å². The highest BCUT2D eigenvalue weighted by Gasteiger charge is 2.28. The second kappa shape index (κ2) is 28.8. The van der Waals surface area contributed by atoms with Crippen molar-refractivity contribution in [2.45, 2.75) is 31.6 Å². The first kappa shape index (κ1) is 41.5. The fraction of sp³-hybridized carbons (Fsp3) is 0.649. The van der Waals surface area contributed by atoms with Gasteiger partial charge in [0.05, 0.1) is 99.1 Å². The molecule has 0 saturated carbocycles. The van der Waals surface area contributed by atoms with Crippen LogP contribution in [-0.2, 0) is 42.6 Å². The van der Waals surface area contributed by atoms with Crippen LogP contribution in [0.5, 0.6) is 0 Å². The number of rotatable bonds is 32. The highest BCUT2D eigenvalue weighted by Crippen LogP contribution is 2.44. The van der Waals surface area contributed by atoms with E-state index in [4.69, 9.17) is 42.6 Å². The molecule has 0 radical (unpaired) electrons. The summed E-state index contributed by atoms with van der Waals surface area (Å²) >= 11 is 2.42. The Morgan fingerprint density at radius 3 is 1.35 bits per heavy atom. The van der Waals surface area contributed by atoms with Crippen LogP contribution in [0.15, 0.2) is 48.5 Å². The van der Waals surface area contributed by atoms with Gasteiger partial charge in [-0.3, -0.25) is 0 Å². The summed E-state index contributed by atoms with van der Waals surface area (Å²) in [5.41, 5.74) is 4.79. The van der Waals surface area contributed by atoms with Gasteiger partial charge >= 0.3 is 6.09 Å². The third kappa shape index (κ3) is 18.8. The molecule has 11 nitrogen and oxygen atoms in total. The Bertz CT molecular complexity index is 1060. The van der Waals surface area contributed by atoms with Crippen molar-refractivity contribution >= 4 is 28.7 Å². The molecule has 0 spiro atoms. The van der Waals surface area contributed by atoms with Gasteiger partial charge in [0.1, 0.15) is 6.61 Å². The van der Waals surface area contributed by atoms with Crippen LogP contribution in [0.25, 0.3) is 11.1 Å². The Kier molecular flexibility index (Phi) is 24.4. The maximum absolute atomic E-state index is 12.2. The molecule has 1 N–H and O–H groups in total. The Balaban J connectivity index is 0.979. The van der Waals surface area contributed by atoms with Crippen molar-refractivity contribution in [3.63, 3.8) is 0 Å². The highest BCUT2D eigenvalue weighted by atomic mass is 127. The summed E-state index contributed by atoms with van der Waals surface area (Å²) in [7, 11) is 0. The highest BCUT2D eigenvalue weighted by molar-refractivity contribution is 14.1. The van der Waals surface area contributed by atoms with Crippen LogP contribution in [0.2, 0.25) is 0 Å².